The van der Waals surface area contributed by atoms with Gasteiger partial charge in [0, 0.05) is 12.3 Å². The fourth-order valence-corrected chi connectivity index (χ4v) is 1.64. The number of hydrogen-bond donors (Lipinski definition) is 1. The van der Waals surface area contributed by atoms with Crippen molar-refractivity contribution in [3.63, 3.8) is 0 Å². The summed E-state index contributed by atoms with van der Waals surface area (Å²) < 4.78 is 26.2. The van der Waals surface area contributed by atoms with Gasteiger partial charge >= 0.3 is 0 Å². The average molecular weight is 305 g/mol. The second kappa shape index (κ2) is 5.41. The second-order valence-corrected chi connectivity index (χ2v) is 3.99. The molecule has 0 fully saturated rings. The predicted molar refractivity (Wildman–Crippen MR) is 64.2 cm³/mol. The van der Waals surface area contributed by atoms with E-state index in [9.17, 15) is 13.6 Å². The molecule has 2 heterocycles. The summed E-state index contributed by atoms with van der Waals surface area (Å²) in [5, 5.41) is 2.02. The summed E-state index contributed by atoms with van der Waals surface area (Å²) in [7, 11) is 0. The Morgan fingerprint density at radius 1 is 1.26 bits per heavy atom. The number of nitrogens with one attached hydrogen (secondary N) is 1. The van der Waals surface area contributed by atoms with Gasteiger partial charge < -0.3 is 5.32 Å². The Kier molecular flexibility index (Phi) is 3.87. The number of carbonyl (C=O) groups excluding carboxylic acids is 1. The standard InChI is InChI=1S/C10H4Cl2F2N4O/c11-5-3-6(18-10(12)16-5)17-9(19)4-1-2-15-8(14)7(4)13/h1-3H,(H,16,17,18,19). The first-order chi connectivity index (χ1) is 8.97. The van der Waals surface area contributed by atoms with Crippen molar-refractivity contribution < 1.29 is 13.6 Å². The normalized spacial score (nSPS) is 10.3. The van der Waals surface area contributed by atoms with Crippen LogP contribution in [0.15, 0.2) is 18.3 Å². The van der Waals surface area contributed by atoms with Crippen LogP contribution >= 0.6 is 23.2 Å². The van der Waals surface area contributed by atoms with Gasteiger partial charge in [0.1, 0.15) is 11.0 Å². The summed E-state index contributed by atoms with van der Waals surface area (Å²) in [4.78, 5) is 22.0. The number of amides is 1. The van der Waals surface area contributed by atoms with Crippen LogP contribution in [0, 0.1) is 11.8 Å². The van der Waals surface area contributed by atoms with E-state index in [2.05, 4.69) is 20.3 Å². The SMILES string of the molecule is O=C(Nc1cc(Cl)nc(Cl)n1)c1ccnc(F)c1F. The molecule has 0 spiro atoms. The fourth-order valence-electron chi connectivity index (χ4n) is 1.23. The Morgan fingerprint density at radius 3 is 2.68 bits per heavy atom. The number of rotatable bonds is 2. The summed E-state index contributed by atoms with van der Waals surface area (Å²) in [6.45, 7) is 0. The van der Waals surface area contributed by atoms with Gasteiger partial charge in [0.25, 0.3) is 5.91 Å². The highest BCUT2D eigenvalue weighted by atomic mass is 35.5. The quantitative estimate of drug-likeness (QED) is 0.526. The summed E-state index contributed by atoms with van der Waals surface area (Å²) in [6, 6.07) is 2.24. The van der Waals surface area contributed by atoms with Crippen LogP contribution in [0.2, 0.25) is 10.4 Å². The minimum absolute atomic E-state index is 0.00307. The fraction of sp³-hybridized carbons (Fsp3) is 0. The van der Waals surface area contributed by atoms with E-state index in [1.54, 1.807) is 0 Å². The minimum Gasteiger partial charge on any atom is -0.306 e. The van der Waals surface area contributed by atoms with Gasteiger partial charge in [-0.3, -0.25) is 4.79 Å². The van der Waals surface area contributed by atoms with Gasteiger partial charge in [-0.1, -0.05) is 11.6 Å². The zero-order valence-corrected chi connectivity index (χ0v) is 10.5. The third kappa shape index (κ3) is 3.12. The van der Waals surface area contributed by atoms with Crippen LogP contribution in [-0.4, -0.2) is 20.9 Å². The van der Waals surface area contributed by atoms with Crippen LogP contribution in [0.3, 0.4) is 0 Å². The molecule has 1 amide bonds. The minimum atomic E-state index is -1.37. The molecule has 0 aliphatic rings. The Balaban J connectivity index is 2.28. The number of hydrogen-bond acceptors (Lipinski definition) is 4. The van der Waals surface area contributed by atoms with E-state index < -0.39 is 23.2 Å². The number of halogens is 4. The lowest BCUT2D eigenvalue weighted by molar-refractivity contribution is 0.102. The van der Waals surface area contributed by atoms with E-state index in [1.807, 2.05) is 0 Å². The molecule has 0 aliphatic carbocycles. The zero-order chi connectivity index (χ0) is 14.0. The molecule has 0 unspecified atom stereocenters. The highest BCUT2D eigenvalue weighted by Gasteiger charge is 2.17. The molecule has 0 bridgehead atoms. The molecule has 2 aromatic heterocycles. The molecule has 0 saturated heterocycles. The molecular weight excluding hydrogens is 301 g/mol. The molecule has 5 nitrogen and oxygen atoms in total. The predicted octanol–water partition coefficient (Wildman–Crippen LogP) is 2.71. The molecule has 9 heteroatoms. The zero-order valence-electron chi connectivity index (χ0n) is 8.99. The summed E-state index contributed by atoms with van der Waals surface area (Å²) in [5.74, 6) is -3.67. The van der Waals surface area contributed by atoms with Crippen molar-refractivity contribution in [1.29, 1.82) is 0 Å². The van der Waals surface area contributed by atoms with Gasteiger partial charge in [-0.15, -0.1) is 0 Å². The first-order valence-electron chi connectivity index (χ1n) is 4.79. The van der Waals surface area contributed by atoms with Crippen LogP contribution in [-0.2, 0) is 0 Å². The highest BCUT2D eigenvalue weighted by molar-refractivity contribution is 6.32. The lowest BCUT2D eigenvalue weighted by Gasteiger charge is -2.05. The van der Waals surface area contributed by atoms with E-state index in [-0.39, 0.29) is 16.3 Å². The van der Waals surface area contributed by atoms with Gasteiger partial charge in [0.05, 0.1) is 5.56 Å². The first-order valence-corrected chi connectivity index (χ1v) is 5.54. The molecule has 0 aromatic carbocycles. The van der Waals surface area contributed by atoms with Crippen molar-refractivity contribution >= 4 is 34.9 Å². The maximum absolute atomic E-state index is 13.3. The van der Waals surface area contributed by atoms with Crippen molar-refractivity contribution in [3.05, 3.63) is 46.1 Å². The number of nitrogens with zero attached hydrogens (tertiary/aromatic N) is 3. The summed E-state index contributed by atoms with van der Waals surface area (Å²) >= 11 is 11.1. The topological polar surface area (TPSA) is 67.8 Å². The number of aromatic nitrogens is 3. The summed E-state index contributed by atoms with van der Waals surface area (Å²) in [6.07, 6.45) is 0.966. The first kappa shape index (κ1) is 13.6. The van der Waals surface area contributed by atoms with Crippen LogP contribution < -0.4 is 5.32 Å². The maximum Gasteiger partial charge on any atom is 0.260 e. The van der Waals surface area contributed by atoms with Gasteiger partial charge in [0.15, 0.2) is 5.82 Å². The molecule has 2 rings (SSSR count). The van der Waals surface area contributed by atoms with E-state index in [4.69, 9.17) is 23.2 Å². The third-order valence-corrected chi connectivity index (χ3v) is 2.36. The van der Waals surface area contributed by atoms with Gasteiger partial charge in [-0.2, -0.15) is 4.39 Å². The Hall–Kier alpha value is -1.86. The van der Waals surface area contributed by atoms with Gasteiger partial charge in [0.2, 0.25) is 11.2 Å². The molecule has 0 aliphatic heterocycles. The smallest absolute Gasteiger partial charge is 0.260 e. The van der Waals surface area contributed by atoms with Crippen molar-refractivity contribution in [2.45, 2.75) is 0 Å². The average Bonchev–Trinajstić information content (AvgIpc) is 2.31. The molecule has 0 radical (unpaired) electrons. The van der Waals surface area contributed by atoms with Crippen molar-refractivity contribution in [2.75, 3.05) is 5.32 Å². The van der Waals surface area contributed by atoms with Gasteiger partial charge in [-0.05, 0) is 17.7 Å². The molecule has 0 saturated carbocycles. The van der Waals surface area contributed by atoms with Gasteiger partial charge in [-0.25, -0.2) is 19.3 Å². The lowest BCUT2D eigenvalue weighted by atomic mass is 10.2. The Labute approximate surface area is 115 Å². The largest absolute Gasteiger partial charge is 0.306 e. The number of anilines is 1. The van der Waals surface area contributed by atoms with E-state index in [0.29, 0.717) is 0 Å². The molecule has 1 N–H and O–H groups in total. The van der Waals surface area contributed by atoms with Crippen molar-refractivity contribution in [3.8, 4) is 0 Å². The van der Waals surface area contributed by atoms with E-state index in [0.717, 1.165) is 12.3 Å². The number of pyridine rings is 1. The van der Waals surface area contributed by atoms with Crippen molar-refractivity contribution in [1.82, 2.24) is 15.0 Å². The molecule has 19 heavy (non-hydrogen) atoms. The molecule has 0 atom stereocenters. The van der Waals surface area contributed by atoms with Crippen LogP contribution in [0.5, 0.6) is 0 Å². The summed E-state index contributed by atoms with van der Waals surface area (Å²) in [5.41, 5.74) is -0.515. The lowest BCUT2D eigenvalue weighted by Crippen LogP contribution is -2.16. The van der Waals surface area contributed by atoms with E-state index in [1.165, 1.54) is 6.07 Å². The van der Waals surface area contributed by atoms with E-state index >= 15 is 0 Å². The monoisotopic (exact) mass is 304 g/mol. The maximum atomic E-state index is 13.3. The molecular formula is C10H4Cl2F2N4O. The van der Waals surface area contributed by atoms with Crippen molar-refractivity contribution in [2.24, 2.45) is 0 Å². The highest BCUT2D eigenvalue weighted by Crippen LogP contribution is 2.16. The van der Waals surface area contributed by atoms with Crippen LogP contribution in [0.1, 0.15) is 10.4 Å². The van der Waals surface area contributed by atoms with Crippen LogP contribution in [0.25, 0.3) is 0 Å². The second-order valence-electron chi connectivity index (χ2n) is 3.26. The Bertz CT molecular complexity index is 633. The Morgan fingerprint density at radius 2 is 2.00 bits per heavy atom. The number of carbonyl (C=O) groups is 1. The van der Waals surface area contributed by atoms with Crippen LogP contribution in [0.4, 0.5) is 14.6 Å². The third-order valence-electron chi connectivity index (χ3n) is 2.00. The molecule has 98 valence electrons. The molecule has 2 aromatic rings.